The van der Waals surface area contributed by atoms with Crippen LogP contribution in [0.15, 0.2) is 30.3 Å². The van der Waals surface area contributed by atoms with Gasteiger partial charge in [0, 0.05) is 6.54 Å². The Labute approximate surface area is 84.0 Å². The maximum absolute atomic E-state index is 5.46. The maximum atomic E-state index is 5.46. The van der Waals surface area contributed by atoms with Crippen molar-refractivity contribution in [3.63, 3.8) is 0 Å². The van der Waals surface area contributed by atoms with Crippen molar-refractivity contribution in [2.75, 3.05) is 19.8 Å². The smallest absolute Gasteiger partial charge is 0.132 e. The first-order valence-corrected chi connectivity index (χ1v) is 4.92. The van der Waals surface area contributed by atoms with E-state index in [0.29, 0.717) is 19.8 Å². The van der Waals surface area contributed by atoms with Crippen molar-refractivity contribution in [3.05, 3.63) is 35.9 Å². The van der Waals surface area contributed by atoms with E-state index in [1.807, 2.05) is 18.2 Å². The summed E-state index contributed by atoms with van der Waals surface area (Å²) < 4.78 is 10.7. The molecule has 1 saturated heterocycles. The fraction of sp³-hybridized carbons (Fsp3) is 0.455. The first kappa shape index (κ1) is 9.65. The molecule has 1 aromatic rings. The molecule has 76 valence electrons. The molecule has 1 N–H and O–H groups in total. The van der Waals surface area contributed by atoms with Crippen molar-refractivity contribution >= 4 is 0 Å². The van der Waals surface area contributed by atoms with E-state index >= 15 is 0 Å². The lowest BCUT2D eigenvalue weighted by Gasteiger charge is -2.23. The molecule has 0 aromatic heterocycles. The van der Waals surface area contributed by atoms with Crippen molar-refractivity contribution in [2.24, 2.45) is 0 Å². The second-order valence-corrected chi connectivity index (χ2v) is 3.30. The molecule has 1 atom stereocenters. The van der Waals surface area contributed by atoms with Gasteiger partial charge in [0.2, 0.25) is 0 Å². The Morgan fingerprint density at radius 2 is 2.07 bits per heavy atom. The van der Waals surface area contributed by atoms with E-state index in [1.54, 1.807) is 0 Å². The molecule has 1 aliphatic rings. The minimum absolute atomic E-state index is 0.0453. The summed E-state index contributed by atoms with van der Waals surface area (Å²) in [6.07, 6.45) is 0.0453. The molecule has 0 saturated carbocycles. The van der Waals surface area contributed by atoms with Crippen LogP contribution in [0.3, 0.4) is 0 Å². The van der Waals surface area contributed by atoms with Gasteiger partial charge < -0.3 is 9.47 Å². The first-order chi connectivity index (χ1) is 6.95. The number of rotatable bonds is 3. The number of ether oxygens (including phenoxy) is 2. The van der Waals surface area contributed by atoms with Gasteiger partial charge in [-0.2, -0.15) is 0 Å². The SMILES string of the molecule is c1ccc(CNC2COCCO2)cc1. The molecule has 0 bridgehead atoms. The van der Waals surface area contributed by atoms with Crippen LogP contribution in [0.1, 0.15) is 5.56 Å². The summed E-state index contributed by atoms with van der Waals surface area (Å²) in [4.78, 5) is 0. The molecule has 0 amide bonds. The van der Waals surface area contributed by atoms with Crippen LogP contribution in [0.5, 0.6) is 0 Å². The number of benzene rings is 1. The zero-order chi connectivity index (χ0) is 9.64. The van der Waals surface area contributed by atoms with Crippen LogP contribution in [0.25, 0.3) is 0 Å². The molecule has 1 aromatic carbocycles. The Bertz CT molecular complexity index is 257. The van der Waals surface area contributed by atoms with Crippen LogP contribution in [0.2, 0.25) is 0 Å². The van der Waals surface area contributed by atoms with Gasteiger partial charge in [0.25, 0.3) is 0 Å². The highest BCUT2D eigenvalue weighted by molar-refractivity contribution is 5.14. The summed E-state index contributed by atoms with van der Waals surface area (Å²) in [6, 6.07) is 10.3. The van der Waals surface area contributed by atoms with Gasteiger partial charge in [-0.25, -0.2) is 0 Å². The summed E-state index contributed by atoms with van der Waals surface area (Å²) in [5.74, 6) is 0. The summed E-state index contributed by atoms with van der Waals surface area (Å²) in [7, 11) is 0. The molecular weight excluding hydrogens is 178 g/mol. The quantitative estimate of drug-likeness (QED) is 0.781. The van der Waals surface area contributed by atoms with Gasteiger partial charge in [-0.15, -0.1) is 0 Å². The first-order valence-electron chi connectivity index (χ1n) is 4.92. The zero-order valence-corrected chi connectivity index (χ0v) is 8.11. The van der Waals surface area contributed by atoms with E-state index in [-0.39, 0.29) is 6.23 Å². The lowest BCUT2D eigenvalue weighted by atomic mass is 10.2. The molecular formula is C11H15NO2. The Balaban J connectivity index is 1.76. The van der Waals surface area contributed by atoms with Crippen molar-refractivity contribution < 1.29 is 9.47 Å². The Morgan fingerprint density at radius 3 is 2.79 bits per heavy atom. The fourth-order valence-electron chi connectivity index (χ4n) is 1.43. The third kappa shape index (κ3) is 2.80. The Morgan fingerprint density at radius 1 is 1.21 bits per heavy atom. The maximum Gasteiger partial charge on any atom is 0.132 e. The van der Waals surface area contributed by atoms with Gasteiger partial charge in [0.1, 0.15) is 6.23 Å². The van der Waals surface area contributed by atoms with Crippen molar-refractivity contribution in [1.29, 1.82) is 0 Å². The van der Waals surface area contributed by atoms with Crippen molar-refractivity contribution in [2.45, 2.75) is 12.8 Å². The van der Waals surface area contributed by atoms with E-state index < -0.39 is 0 Å². The Hall–Kier alpha value is -0.900. The number of nitrogens with one attached hydrogen (secondary N) is 1. The minimum atomic E-state index is 0.0453. The molecule has 1 unspecified atom stereocenters. The van der Waals surface area contributed by atoms with E-state index in [1.165, 1.54) is 5.56 Å². The summed E-state index contributed by atoms with van der Waals surface area (Å²) in [5.41, 5.74) is 1.27. The lowest BCUT2D eigenvalue weighted by molar-refractivity contribution is -0.102. The van der Waals surface area contributed by atoms with E-state index in [9.17, 15) is 0 Å². The molecule has 14 heavy (non-hydrogen) atoms. The molecule has 1 aliphatic heterocycles. The van der Waals surface area contributed by atoms with Gasteiger partial charge in [-0.3, -0.25) is 5.32 Å². The van der Waals surface area contributed by atoms with E-state index in [4.69, 9.17) is 9.47 Å². The predicted molar refractivity (Wildman–Crippen MR) is 53.8 cm³/mol. The summed E-state index contributed by atoms with van der Waals surface area (Å²) in [5, 5.41) is 3.29. The molecule has 0 radical (unpaired) electrons. The van der Waals surface area contributed by atoms with Crippen LogP contribution >= 0.6 is 0 Å². The molecule has 2 rings (SSSR count). The van der Waals surface area contributed by atoms with E-state index in [2.05, 4.69) is 17.4 Å². The van der Waals surface area contributed by atoms with Crippen LogP contribution in [0.4, 0.5) is 0 Å². The Kier molecular flexibility index (Phi) is 3.51. The fourth-order valence-corrected chi connectivity index (χ4v) is 1.43. The molecule has 1 fully saturated rings. The van der Waals surface area contributed by atoms with Crippen LogP contribution < -0.4 is 5.32 Å². The van der Waals surface area contributed by atoms with E-state index in [0.717, 1.165) is 6.54 Å². The number of hydrogen-bond acceptors (Lipinski definition) is 3. The zero-order valence-electron chi connectivity index (χ0n) is 8.11. The van der Waals surface area contributed by atoms with Gasteiger partial charge >= 0.3 is 0 Å². The standard InChI is InChI=1S/C11H15NO2/c1-2-4-10(5-3-1)8-12-11-9-13-6-7-14-11/h1-5,11-12H,6-9H2. The van der Waals surface area contributed by atoms with Crippen molar-refractivity contribution in [3.8, 4) is 0 Å². The average molecular weight is 193 g/mol. The highest BCUT2D eigenvalue weighted by Gasteiger charge is 2.12. The highest BCUT2D eigenvalue weighted by atomic mass is 16.6. The molecule has 0 aliphatic carbocycles. The monoisotopic (exact) mass is 193 g/mol. The second kappa shape index (κ2) is 5.10. The molecule has 1 heterocycles. The predicted octanol–water partition coefficient (Wildman–Crippen LogP) is 1.15. The van der Waals surface area contributed by atoms with Gasteiger partial charge in [0.15, 0.2) is 0 Å². The normalized spacial score (nSPS) is 22.1. The number of hydrogen-bond donors (Lipinski definition) is 1. The van der Waals surface area contributed by atoms with Gasteiger partial charge in [-0.1, -0.05) is 30.3 Å². The third-order valence-corrected chi connectivity index (χ3v) is 2.19. The van der Waals surface area contributed by atoms with Crippen molar-refractivity contribution in [1.82, 2.24) is 5.32 Å². The largest absolute Gasteiger partial charge is 0.375 e. The highest BCUT2D eigenvalue weighted by Crippen LogP contribution is 2.01. The molecule has 3 nitrogen and oxygen atoms in total. The van der Waals surface area contributed by atoms with Crippen LogP contribution in [-0.4, -0.2) is 26.0 Å². The van der Waals surface area contributed by atoms with Gasteiger partial charge in [-0.05, 0) is 5.56 Å². The summed E-state index contributed by atoms with van der Waals surface area (Å²) in [6.45, 7) is 2.87. The second-order valence-electron chi connectivity index (χ2n) is 3.30. The van der Waals surface area contributed by atoms with Crippen LogP contribution in [0, 0.1) is 0 Å². The lowest BCUT2D eigenvalue weighted by Crippen LogP contribution is -2.40. The van der Waals surface area contributed by atoms with Gasteiger partial charge in [0.05, 0.1) is 19.8 Å². The summed E-state index contributed by atoms with van der Waals surface area (Å²) >= 11 is 0. The molecule has 3 heteroatoms. The molecule has 0 spiro atoms. The topological polar surface area (TPSA) is 30.5 Å². The minimum Gasteiger partial charge on any atom is -0.375 e. The average Bonchev–Trinajstić information content (AvgIpc) is 2.29. The van der Waals surface area contributed by atoms with Crippen LogP contribution in [-0.2, 0) is 16.0 Å². The third-order valence-electron chi connectivity index (χ3n) is 2.19.